The van der Waals surface area contributed by atoms with Gasteiger partial charge in [-0.15, -0.1) is 0 Å². The highest BCUT2D eigenvalue weighted by atomic mass is 79.9. The number of rotatable bonds is 3. The molecular weight excluding hydrogens is 280 g/mol. The summed E-state index contributed by atoms with van der Waals surface area (Å²) in [4.78, 5) is 12.0. The molecule has 1 fully saturated rings. The van der Waals surface area contributed by atoms with Gasteiger partial charge in [0.05, 0.1) is 10.0 Å². The van der Waals surface area contributed by atoms with Crippen LogP contribution < -0.4 is 11.1 Å². The van der Waals surface area contributed by atoms with E-state index >= 15 is 0 Å². The summed E-state index contributed by atoms with van der Waals surface area (Å²) >= 11 is 3.35. The van der Waals surface area contributed by atoms with Gasteiger partial charge in [-0.2, -0.15) is 0 Å². The molecule has 1 saturated carbocycles. The fraction of sp³-hybridized carbons (Fsp3) is 0.462. The van der Waals surface area contributed by atoms with Gasteiger partial charge in [-0.1, -0.05) is 18.9 Å². The van der Waals surface area contributed by atoms with Crippen molar-refractivity contribution >= 4 is 27.5 Å². The van der Waals surface area contributed by atoms with E-state index in [1.807, 2.05) is 0 Å². The molecule has 0 aromatic heterocycles. The van der Waals surface area contributed by atoms with E-state index in [0.29, 0.717) is 21.6 Å². The van der Waals surface area contributed by atoms with Crippen LogP contribution in [0.15, 0.2) is 22.7 Å². The Morgan fingerprint density at radius 1 is 1.41 bits per heavy atom. The van der Waals surface area contributed by atoms with Crippen LogP contribution in [-0.2, 0) is 0 Å². The molecule has 1 aromatic rings. The first-order valence-electron chi connectivity index (χ1n) is 6.00. The molecule has 17 heavy (non-hydrogen) atoms. The standard InChI is InChI=1S/C13H17BrN2O/c14-12-10(6-3-7-11(12)15)13(17)16-8-9-4-1-2-5-9/h3,6-7,9H,1-2,4-5,8,15H2,(H,16,17). The first-order valence-corrected chi connectivity index (χ1v) is 6.80. The number of carbonyl (C=O) groups is 1. The van der Waals surface area contributed by atoms with Crippen LogP contribution >= 0.6 is 15.9 Å². The van der Waals surface area contributed by atoms with Crippen LogP contribution in [-0.4, -0.2) is 12.5 Å². The van der Waals surface area contributed by atoms with Crippen molar-refractivity contribution in [3.05, 3.63) is 28.2 Å². The molecule has 1 amide bonds. The highest BCUT2D eigenvalue weighted by Gasteiger charge is 2.17. The summed E-state index contributed by atoms with van der Waals surface area (Å²) in [6, 6.07) is 5.35. The second kappa shape index (κ2) is 5.54. The monoisotopic (exact) mass is 296 g/mol. The Balaban J connectivity index is 1.97. The number of hydrogen-bond donors (Lipinski definition) is 2. The van der Waals surface area contributed by atoms with Crippen LogP contribution in [0.5, 0.6) is 0 Å². The summed E-state index contributed by atoms with van der Waals surface area (Å²) in [6.07, 6.45) is 5.06. The molecule has 3 nitrogen and oxygen atoms in total. The quantitative estimate of drug-likeness (QED) is 0.843. The van der Waals surface area contributed by atoms with Crippen LogP contribution in [0.3, 0.4) is 0 Å². The Morgan fingerprint density at radius 2 is 2.12 bits per heavy atom. The summed E-state index contributed by atoms with van der Waals surface area (Å²) < 4.78 is 0.684. The molecule has 0 atom stereocenters. The molecule has 0 bridgehead atoms. The SMILES string of the molecule is Nc1cccc(C(=O)NCC2CCCC2)c1Br. The van der Waals surface area contributed by atoms with Crippen molar-refractivity contribution in [3.63, 3.8) is 0 Å². The maximum Gasteiger partial charge on any atom is 0.252 e. The third kappa shape index (κ3) is 3.00. The third-order valence-corrected chi connectivity index (χ3v) is 4.18. The minimum Gasteiger partial charge on any atom is -0.398 e. The first kappa shape index (κ1) is 12.4. The van der Waals surface area contributed by atoms with Gasteiger partial charge >= 0.3 is 0 Å². The zero-order valence-electron chi connectivity index (χ0n) is 9.71. The molecule has 0 radical (unpaired) electrons. The van der Waals surface area contributed by atoms with Crippen molar-refractivity contribution in [1.29, 1.82) is 0 Å². The fourth-order valence-electron chi connectivity index (χ4n) is 2.27. The average molecular weight is 297 g/mol. The molecule has 0 unspecified atom stereocenters. The Bertz CT molecular complexity index is 414. The number of benzene rings is 1. The van der Waals surface area contributed by atoms with E-state index in [1.165, 1.54) is 25.7 Å². The van der Waals surface area contributed by atoms with Crippen LogP contribution in [0.1, 0.15) is 36.0 Å². The van der Waals surface area contributed by atoms with E-state index in [0.717, 1.165) is 6.54 Å². The van der Waals surface area contributed by atoms with Crippen molar-refractivity contribution in [2.75, 3.05) is 12.3 Å². The molecule has 0 heterocycles. The molecule has 2 rings (SSSR count). The van der Waals surface area contributed by atoms with Gasteiger partial charge in [0.1, 0.15) is 0 Å². The van der Waals surface area contributed by atoms with E-state index in [-0.39, 0.29) is 5.91 Å². The Hall–Kier alpha value is -1.03. The van der Waals surface area contributed by atoms with Crippen LogP contribution in [0.4, 0.5) is 5.69 Å². The predicted octanol–water partition coefficient (Wildman–Crippen LogP) is 2.95. The summed E-state index contributed by atoms with van der Waals surface area (Å²) in [5.74, 6) is 0.606. The smallest absolute Gasteiger partial charge is 0.252 e. The molecule has 3 N–H and O–H groups in total. The Labute approximate surface area is 110 Å². The van der Waals surface area contributed by atoms with Gasteiger partial charge in [0.25, 0.3) is 5.91 Å². The lowest BCUT2D eigenvalue weighted by Gasteiger charge is -2.12. The molecule has 1 aliphatic carbocycles. The Kier molecular flexibility index (Phi) is 4.05. The number of hydrogen-bond acceptors (Lipinski definition) is 2. The summed E-state index contributed by atoms with van der Waals surface area (Å²) in [5, 5.41) is 2.98. The molecular formula is C13H17BrN2O. The topological polar surface area (TPSA) is 55.1 Å². The lowest BCUT2D eigenvalue weighted by Crippen LogP contribution is -2.28. The normalized spacial score (nSPS) is 16.1. The van der Waals surface area contributed by atoms with Gasteiger partial charge in [-0.25, -0.2) is 0 Å². The molecule has 1 aliphatic rings. The van der Waals surface area contributed by atoms with Gasteiger partial charge in [0.2, 0.25) is 0 Å². The van der Waals surface area contributed by atoms with Crippen molar-refractivity contribution in [3.8, 4) is 0 Å². The van der Waals surface area contributed by atoms with E-state index in [4.69, 9.17) is 5.73 Å². The van der Waals surface area contributed by atoms with E-state index in [2.05, 4.69) is 21.2 Å². The van der Waals surface area contributed by atoms with Crippen LogP contribution in [0.2, 0.25) is 0 Å². The lowest BCUT2D eigenvalue weighted by atomic mass is 10.1. The maximum atomic E-state index is 12.0. The van der Waals surface area contributed by atoms with E-state index in [1.54, 1.807) is 18.2 Å². The Morgan fingerprint density at radius 3 is 2.82 bits per heavy atom. The van der Waals surface area contributed by atoms with E-state index < -0.39 is 0 Å². The highest BCUT2D eigenvalue weighted by molar-refractivity contribution is 9.10. The van der Waals surface area contributed by atoms with Crippen LogP contribution in [0.25, 0.3) is 0 Å². The number of anilines is 1. The molecule has 92 valence electrons. The van der Waals surface area contributed by atoms with Crippen molar-refractivity contribution in [2.24, 2.45) is 5.92 Å². The van der Waals surface area contributed by atoms with Crippen LogP contribution in [0, 0.1) is 5.92 Å². The van der Waals surface area contributed by atoms with Gasteiger partial charge in [-0.3, -0.25) is 4.79 Å². The first-order chi connectivity index (χ1) is 8.18. The highest BCUT2D eigenvalue weighted by Crippen LogP contribution is 2.25. The summed E-state index contributed by atoms with van der Waals surface area (Å²) in [7, 11) is 0. The number of nitrogens with two attached hydrogens (primary N) is 1. The summed E-state index contributed by atoms with van der Waals surface area (Å²) in [5.41, 5.74) is 6.96. The second-order valence-corrected chi connectivity index (χ2v) is 5.36. The molecule has 0 spiro atoms. The van der Waals surface area contributed by atoms with Crippen molar-refractivity contribution in [1.82, 2.24) is 5.32 Å². The largest absolute Gasteiger partial charge is 0.398 e. The molecule has 0 saturated heterocycles. The van der Waals surface area contributed by atoms with Gasteiger partial charge in [0.15, 0.2) is 0 Å². The number of nitrogen functional groups attached to an aromatic ring is 1. The fourth-order valence-corrected chi connectivity index (χ4v) is 2.72. The number of amides is 1. The molecule has 0 aliphatic heterocycles. The number of carbonyl (C=O) groups excluding carboxylic acids is 1. The number of nitrogens with one attached hydrogen (secondary N) is 1. The van der Waals surface area contributed by atoms with E-state index in [9.17, 15) is 4.79 Å². The van der Waals surface area contributed by atoms with Gasteiger partial charge < -0.3 is 11.1 Å². The summed E-state index contributed by atoms with van der Waals surface area (Å²) in [6.45, 7) is 0.778. The minimum atomic E-state index is -0.0453. The zero-order valence-corrected chi connectivity index (χ0v) is 11.3. The van der Waals surface area contributed by atoms with Gasteiger partial charge in [-0.05, 0) is 46.8 Å². The van der Waals surface area contributed by atoms with Crippen molar-refractivity contribution < 1.29 is 4.79 Å². The number of halogens is 1. The maximum absolute atomic E-state index is 12.0. The minimum absolute atomic E-state index is 0.0453. The van der Waals surface area contributed by atoms with Gasteiger partial charge in [0, 0.05) is 12.2 Å². The average Bonchev–Trinajstić information content (AvgIpc) is 2.82. The molecule has 1 aromatic carbocycles. The second-order valence-electron chi connectivity index (χ2n) is 4.57. The third-order valence-electron chi connectivity index (χ3n) is 3.30. The predicted molar refractivity (Wildman–Crippen MR) is 72.8 cm³/mol. The molecule has 4 heteroatoms. The lowest BCUT2D eigenvalue weighted by molar-refractivity contribution is 0.0946. The van der Waals surface area contributed by atoms with Crippen molar-refractivity contribution in [2.45, 2.75) is 25.7 Å². The zero-order chi connectivity index (χ0) is 12.3.